The van der Waals surface area contributed by atoms with Gasteiger partial charge in [0, 0.05) is 0 Å². The molecular formula is C11H12N2O4. The fourth-order valence-electron chi connectivity index (χ4n) is 1.61. The van der Waals surface area contributed by atoms with Gasteiger partial charge in [-0.05, 0) is 12.1 Å². The van der Waals surface area contributed by atoms with Crippen molar-refractivity contribution in [2.75, 3.05) is 7.11 Å². The first kappa shape index (κ1) is 11.4. The van der Waals surface area contributed by atoms with E-state index in [1.54, 1.807) is 24.3 Å². The molecule has 0 radical (unpaired) electrons. The topological polar surface area (TPSA) is 87.5 Å². The second kappa shape index (κ2) is 4.42. The Morgan fingerprint density at radius 2 is 2.24 bits per heavy atom. The van der Waals surface area contributed by atoms with Crippen LogP contribution in [0.4, 0.5) is 0 Å². The van der Waals surface area contributed by atoms with E-state index in [0.717, 1.165) is 0 Å². The van der Waals surface area contributed by atoms with Crippen LogP contribution in [0.15, 0.2) is 33.5 Å². The van der Waals surface area contributed by atoms with Gasteiger partial charge in [0.2, 0.25) is 0 Å². The molecule has 1 atom stereocenters. The summed E-state index contributed by atoms with van der Waals surface area (Å²) in [7, 11) is 1.25. The summed E-state index contributed by atoms with van der Waals surface area (Å²) >= 11 is 0. The molecule has 0 aliphatic rings. The highest BCUT2D eigenvalue weighted by molar-refractivity contribution is 5.76. The number of aromatic nitrogens is 1. The van der Waals surface area contributed by atoms with Gasteiger partial charge in [-0.15, -0.1) is 0 Å². The molecule has 1 aromatic carbocycles. The molecule has 0 bridgehead atoms. The number of carbonyl (C=O) groups excluding carboxylic acids is 1. The highest BCUT2D eigenvalue weighted by Gasteiger charge is 2.18. The van der Waals surface area contributed by atoms with Crippen molar-refractivity contribution < 1.29 is 13.9 Å². The van der Waals surface area contributed by atoms with Crippen molar-refractivity contribution >= 4 is 17.1 Å². The Balaban J connectivity index is 2.39. The number of hydrogen-bond acceptors (Lipinski definition) is 5. The lowest BCUT2D eigenvalue weighted by Crippen LogP contribution is -2.38. The number of rotatable bonds is 3. The van der Waals surface area contributed by atoms with Crippen molar-refractivity contribution in [3.8, 4) is 0 Å². The number of para-hydroxylation sites is 2. The first-order chi connectivity index (χ1) is 8.13. The van der Waals surface area contributed by atoms with Crippen LogP contribution in [-0.2, 0) is 16.1 Å². The van der Waals surface area contributed by atoms with E-state index in [1.807, 2.05) is 0 Å². The third-order valence-electron chi connectivity index (χ3n) is 2.46. The fourth-order valence-corrected chi connectivity index (χ4v) is 1.61. The molecule has 1 heterocycles. The number of carbonyl (C=O) groups is 1. The molecule has 0 aliphatic carbocycles. The molecule has 0 aliphatic heterocycles. The van der Waals surface area contributed by atoms with Crippen LogP contribution in [0.5, 0.6) is 0 Å². The third-order valence-corrected chi connectivity index (χ3v) is 2.46. The van der Waals surface area contributed by atoms with Gasteiger partial charge in [0.15, 0.2) is 5.58 Å². The van der Waals surface area contributed by atoms with Crippen LogP contribution in [0.1, 0.15) is 0 Å². The van der Waals surface area contributed by atoms with Crippen LogP contribution < -0.4 is 11.5 Å². The minimum atomic E-state index is -0.890. The molecule has 6 heteroatoms. The van der Waals surface area contributed by atoms with E-state index in [-0.39, 0.29) is 6.54 Å². The molecule has 0 amide bonds. The maximum Gasteiger partial charge on any atom is 0.420 e. The molecule has 2 N–H and O–H groups in total. The first-order valence-corrected chi connectivity index (χ1v) is 5.05. The van der Waals surface area contributed by atoms with Crippen LogP contribution in [-0.4, -0.2) is 23.7 Å². The van der Waals surface area contributed by atoms with Crippen molar-refractivity contribution in [2.45, 2.75) is 12.6 Å². The number of ether oxygens (including phenoxy) is 1. The summed E-state index contributed by atoms with van der Waals surface area (Å²) in [5.74, 6) is -1.10. The minimum Gasteiger partial charge on any atom is -0.468 e. The minimum absolute atomic E-state index is 0.0303. The van der Waals surface area contributed by atoms with Crippen molar-refractivity contribution in [1.29, 1.82) is 0 Å². The fraction of sp³-hybridized carbons (Fsp3) is 0.273. The van der Waals surface area contributed by atoms with Gasteiger partial charge in [0.05, 0.1) is 19.2 Å². The molecule has 1 unspecified atom stereocenters. The Labute approximate surface area is 96.6 Å². The van der Waals surface area contributed by atoms with Crippen LogP contribution in [0.3, 0.4) is 0 Å². The highest BCUT2D eigenvalue weighted by atomic mass is 16.5. The van der Waals surface area contributed by atoms with Gasteiger partial charge in [-0.1, -0.05) is 12.1 Å². The third kappa shape index (κ3) is 2.07. The SMILES string of the molecule is COC(=O)C(N)Cn1c(=O)oc2ccccc21. The van der Waals surface area contributed by atoms with E-state index < -0.39 is 17.8 Å². The van der Waals surface area contributed by atoms with Gasteiger partial charge >= 0.3 is 11.7 Å². The highest BCUT2D eigenvalue weighted by Crippen LogP contribution is 2.11. The number of nitrogens with zero attached hydrogens (tertiary/aromatic N) is 1. The summed E-state index contributed by atoms with van der Waals surface area (Å²) < 4.78 is 10.8. The normalized spacial score (nSPS) is 12.6. The second-order valence-electron chi connectivity index (χ2n) is 3.58. The summed E-state index contributed by atoms with van der Waals surface area (Å²) in [6, 6.07) is 6.05. The lowest BCUT2D eigenvalue weighted by atomic mass is 10.3. The molecule has 1 aromatic heterocycles. The largest absolute Gasteiger partial charge is 0.468 e. The van der Waals surface area contributed by atoms with Gasteiger partial charge in [-0.25, -0.2) is 4.79 Å². The molecule has 90 valence electrons. The molecule has 17 heavy (non-hydrogen) atoms. The maximum atomic E-state index is 11.6. The Bertz CT molecular complexity index is 599. The van der Waals surface area contributed by atoms with Crippen molar-refractivity contribution in [2.24, 2.45) is 5.73 Å². The lowest BCUT2D eigenvalue weighted by Gasteiger charge is -2.08. The van der Waals surface area contributed by atoms with Gasteiger partial charge in [0.25, 0.3) is 0 Å². The smallest absolute Gasteiger partial charge is 0.420 e. The number of esters is 1. The number of methoxy groups -OCH3 is 1. The monoisotopic (exact) mass is 236 g/mol. The predicted octanol–water partition coefficient (Wildman–Crippen LogP) is 0.0948. The van der Waals surface area contributed by atoms with Crippen LogP contribution >= 0.6 is 0 Å². The summed E-state index contributed by atoms with van der Waals surface area (Å²) in [5, 5.41) is 0. The number of hydrogen-bond donors (Lipinski definition) is 1. The quantitative estimate of drug-likeness (QED) is 0.763. The number of fused-ring (bicyclic) bond motifs is 1. The van der Waals surface area contributed by atoms with Crippen LogP contribution in [0, 0.1) is 0 Å². The maximum absolute atomic E-state index is 11.6. The standard InChI is InChI=1S/C11H12N2O4/c1-16-10(14)7(12)6-13-8-4-2-3-5-9(8)17-11(13)15/h2-5,7H,6,12H2,1H3. The average molecular weight is 236 g/mol. The van der Waals surface area contributed by atoms with Crippen molar-refractivity contribution in [3.63, 3.8) is 0 Å². The van der Waals surface area contributed by atoms with E-state index in [1.165, 1.54) is 11.7 Å². The zero-order chi connectivity index (χ0) is 12.4. The molecule has 2 aromatic rings. The number of benzene rings is 1. The zero-order valence-electron chi connectivity index (χ0n) is 9.25. The van der Waals surface area contributed by atoms with Gasteiger partial charge in [-0.3, -0.25) is 9.36 Å². The molecule has 0 fully saturated rings. The summed E-state index contributed by atoms with van der Waals surface area (Å²) in [5.41, 5.74) is 6.68. The lowest BCUT2D eigenvalue weighted by molar-refractivity contribution is -0.142. The first-order valence-electron chi connectivity index (χ1n) is 5.05. The molecule has 0 spiro atoms. The number of nitrogens with two attached hydrogens (primary N) is 1. The van der Waals surface area contributed by atoms with E-state index >= 15 is 0 Å². The summed E-state index contributed by atoms with van der Waals surface area (Å²) in [6.45, 7) is 0.0303. The molecule has 0 saturated heterocycles. The number of oxazole rings is 1. The molecule has 6 nitrogen and oxygen atoms in total. The van der Waals surface area contributed by atoms with E-state index in [2.05, 4.69) is 4.74 Å². The van der Waals surface area contributed by atoms with Crippen molar-refractivity contribution in [3.05, 3.63) is 34.8 Å². The Morgan fingerprint density at radius 3 is 2.94 bits per heavy atom. The van der Waals surface area contributed by atoms with Crippen LogP contribution in [0.2, 0.25) is 0 Å². The molecular weight excluding hydrogens is 224 g/mol. The van der Waals surface area contributed by atoms with Gasteiger partial charge in [0.1, 0.15) is 6.04 Å². The second-order valence-corrected chi connectivity index (χ2v) is 3.58. The Kier molecular flexibility index (Phi) is 2.97. The van der Waals surface area contributed by atoms with E-state index in [9.17, 15) is 9.59 Å². The zero-order valence-corrected chi connectivity index (χ0v) is 9.25. The summed E-state index contributed by atoms with van der Waals surface area (Å²) in [6.07, 6.45) is 0. The van der Waals surface area contributed by atoms with Gasteiger partial charge < -0.3 is 14.9 Å². The summed E-state index contributed by atoms with van der Waals surface area (Å²) in [4.78, 5) is 22.8. The van der Waals surface area contributed by atoms with E-state index in [4.69, 9.17) is 10.2 Å². The van der Waals surface area contributed by atoms with Crippen molar-refractivity contribution in [1.82, 2.24) is 4.57 Å². The molecule has 2 rings (SSSR count). The predicted molar refractivity (Wildman–Crippen MR) is 60.5 cm³/mol. The average Bonchev–Trinajstić information content (AvgIpc) is 2.65. The Hall–Kier alpha value is -2.08. The molecule has 0 saturated carbocycles. The van der Waals surface area contributed by atoms with Gasteiger partial charge in [-0.2, -0.15) is 0 Å². The Morgan fingerprint density at radius 1 is 1.53 bits per heavy atom. The van der Waals surface area contributed by atoms with Crippen LogP contribution in [0.25, 0.3) is 11.1 Å². The van der Waals surface area contributed by atoms with E-state index in [0.29, 0.717) is 11.1 Å².